The molecule has 212 valence electrons. The van der Waals surface area contributed by atoms with Crippen LogP contribution in [0, 0.1) is 0 Å². The van der Waals surface area contributed by atoms with Gasteiger partial charge in [0.25, 0.3) is 0 Å². The Bertz CT molecular complexity index is 1910. The van der Waals surface area contributed by atoms with E-state index >= 15 is 0 Å². The van der Waals surface area contributed by atoms with Crippen molar-refractivity contribution in [2.75, 3.05) is 11.5 Å². The van der Waals surface area contributed by atoms with Gasteiger partial charge in [-0.15, -0.1) is 22.7 Å². The summed E-state index contributed by atoms with van der Waals surface area (Å²) in [7, 11) is -1.08. The first-order valence-electron chi connectivity index (χ1n) is 13.1. The van der Waals surface area contributed by atoms with Crippen LogP contribution >= 0.6 is 22.7 Å². The first-order chi connectivity index (χ1) is 21.0. The normalized spacial score (nSPS) is 9.33. The fourth-order valence-corrected chi connectivity index (χ4v) is 6.91. The van der Waals surface area contributed by atoms with Crippen molar-refractivity contribution in [3.8, 4) is 21.7 Å². The number of pyridine rings is 1. The number of nitrogens with zero attached hydrogens (tertiary/aromatic N) is 1. The van der Waals surface area contributed by atoms with Crippen molar-refractivity contribution in [1.82, 2.24) is 4.98 Å². The Balaban J connectivity index is 0.000000357. The van der Waals surface area contributed by atoms with Gasteiger partial charge in [-0.3, -0.25) is 4.21 Å². The van der Waals surface area contributed by atoms with Gasteiger partial charge in [0.2, 0.25) is 0 Å². The summed E-state index contributed by atoms with van der Waals surface area (Å²) >= 11 is 3.15. The van der Waals surface area contributed by atoms with E-state index in [4.69, 9.17) is 10.7 Å². The molecule has 0 aliphatic heterocycles. The summed E-state index contributed by atoms with van der Waals surface area (Å²) in [5.74, 6) is 0.656. The Hall–Kier alpha value is -4.96. The van der Waals surface area contributed by atoms with Crippen molar-refractivity contribution < 1.29 is 4.21 Å². The van der Waals surface area contributed by atoms with E-state index in [0.717, 1.165) is 55.4 Å². The van der Waals surface area contributed by atoms with E-state index in [1.807, 2.05) is 24.3 Å². The molecule has 4 rings (SSSR count). The van der Waals surface area contributed by atoms with E-state index in [1.54, 1.807) is 11.3 Å². The van der Waals surface area contributed by atoms with Crippen LogP contribution in [0.3, 0.4) is 0 Å². The quantitative estimate of drug-likeness (QED) is 0.167. The fourth-order valence-electron chi connectivity index (χ4n) is 3.51. The standard InChI is InChI=1S/C22H22N2OS3.C8H4.C7H4/c1-2-3-7-13-28(25)22-20(23)19-16(15-9-5-4-6-10-15)14-17(24-21(19)27-22)18-11-8-12-26-18;1-3-5-7-8-6-4-2;1-3-5-7-6-4-2/h4-6,8-12,14H,2-3,7,13,23H2,1H3;1-2H2;1-2H2. The molecule has 3 aromatic heterocycles. The molecule has 4 aromatic rings. The van der Waals surface area contributed by atoms with Crippen molar-refractivity contribution in [2.24, 2.45) is 0 Å². The van der Waals surface area contributed by atoms with Gasteiger partial charge in [0.15, 0.2) is 0 Å². The minimum absolute atomic E-state index is 0.624. The average Bonchev–Trinajstić information content (AvgIpc) is 3.69. The highest BCUT2D eigenvalue weighted by atomic mass is 32.2. The van der Waals surface area contributed by atoms with E-state index in [9.17, 15) is 4.21 Å². The number of aromatic nitrogens is 1. The predicted molar refractivity (Wildman–Crippen MR) is 185 cm³/mol. The van der Waals surface area contributed by atoms with Crippen molar-refractivity contribution in [1.29, 1.82) is 0 Å². The van der Waals surface area contributed by atoms with Gasteiger partial charge in [-0.1, -0.05) is 79.1 Å². The molecule has 3 heterocycles. The molecule has 3 nitrogen and oxygen atoms in total. The first-order valence-corrected chi connectivity index (χ1v) is 16.1. The number of nitrogens with two attached hydrogens (primary N) is 1. The van der Waals surface area contributed by atoms with Crippen LogP contribution in [-0.2, 0) is 10.8 Å². The van der Waals surface area contributed by atoms with Gasteiger partial charge in [0, 0.05) is 11.1 Å². The molecule has 6 heteroatoms. The highest BCUT2D eigenvalue weighted by Gasteiger charge is 2.20. The second kappa shape index (κ2) is 20.0. The zero-order valence-corrected chi connectivity index (χ0v) is 26.5. The van der Waals surface area contributed by atoms with Gasteiger partial charge in [-0.25, -0.2) is 4.98 Å². The fraction of sp³-hybridized carbons (Fsp3) is 0.135. The molecule has 1 aromatic carbocycles. The monoisotopic (exact) mass is 614 g/mol. The van der Waals surface area contributed by atoms with Crippen LogP contribution in [0.25, 0.3) is 31.9 Å². The van der Waals surface area contributed by atoms with Crippen LogP contribution in [-0.4, -0.2) is 14.9 Å². The number of hydrogen-bond acceptors (Lipinski definition) is 5. The number of hydrogen-bond donors (Lipinski definition) is 1. The van der Waals surface area contributed by atoms with Crippen LogP contribution in [0.2, 0.25) is 0 Å². The zero-order valence-electron chi connectivity index (χ0n) is 24.0. The smallest absolute Gasteiger partial charge is 0.127 e. The summed E-state index contributed by atoms with van der Waals surface area (Å²) in [5, 5.41) is 2.98. The summed E-state index contributed by atoms with van der Waals surface area (Å²) in [6.07, 6.45) is 3.16. The largest absolute Gasteiger partial charge is 0.396 e. The lowest BCUT2D eigenvalue weighted by atomic mass is 10.0. The Morgan fingerprint density at radius 3 is 1.98 bits per heavy atom. The van der Waals surface area contributed by atoms with E-state index in [1.165, 1.54) is 11.3 Å². The molecular formula is C37H30N2OS3. The molecule has 2 N–H and O–H groups in total. The Morgan fingerprint density at radius 2 is 1.44 bits per heavy atom. The number of benzene rings is 1. The number of nitrogen functional groups attached to an aromatic ring is 1. The summed E-state index contributed by atoms with van der Waals surface area (Å²) in [5.41, 5.74) is 36.7. The minimum Gasteiger partial charge on any atom is -0.396 e. The molecular weight excluding hydrogens is 585 g/mol. The SMILES string of the molecule is C=C=C=C=C=C=C.C=C=C=C=C=C=C=C.CCCCCS(=O)c1sc2nc(-c3cccs3)cc(-c3ccccc3)c2c1N. The van der Waals surface area contributed by atoms with Crippen LogP contribution in [0.4, 0.5) is 5.69 Å². The minimum atomic E-state index is -1.08. The van der Waals surface area contributed by atoms with Crippen LogP contribution < -0.4 is 5.73 Å². The molecule has 0 radical (unpaired) electrons. The Kier molecular flexibility index (Phi) is 15.9. The van der Waals surface area contributed by atoms with Crippen molar-refractivity contribution in [2.45, 2.75) is 30.4 Å². The lowest BCUT2D eigenvalue weighted by molar-refractivity contribution is 0.678. The van der Waals surface area contributed by atoms with E-state index in [0.29, 0.717) is 11.4 Å². The number of fused-ring (bicyclic) bond motifs is 1. The lowest BCUT2D eigenvalue weighted by Gasteiger charge is -2.08. The van der Waals surface area contributed by atoms with Crippen molar-refractivity contribution in [3.05, 3.63) is 143 Å². The van der Waals surface area contributed by atoms with Crippen LogP contribution in [0.15, 0.2) is 147 Å². The molecule has 1 unspecified atom stereocenters. The highest BCUT2D eigenvalue weighted by molar-refractivity contribution is 7.87. The summed E-state index contributed by atoms with van der Waals surface area (Å²) < 4.78 is 13.7. The molecule has 1 atom stereocenters. The van der Waals surface area contributed by atoms with Gasteiger partial charge in [-0.2, -0.15) is 0 Å². The Morgan fingerprint density at radius 1 is 0.837 bits per heavy atom. The summed E-state index contributed by atoms with van der Waals surface area (Å²) in [6, 6.07) is 16.4. The molecule has 43 heavy (non-hydrogen) atoms. The topological polar surface area (TPSA) is 56.0 Å². The number of rotatable bonds is 7. The average molecular weight is 615 g/mol. The second-order valence-electron chi connectivity index (χ2n) is 8.22. The second-order valence-corrected chi connectivity index (χ2v) is 11.9. The molecule has 0 saturated heterocycles. The van der Waals surface area contributed by atoms with Gasteiger partial charge in [0.1, 0.15) is 9.04 Å². The van der Waals surface area contributed by atoms with E-state index < -0.39 is 10.8 Å². The van der Waals surface area contributed by atoms with Crippen LogP contribution in [0.1, 0.15) is 26.2 Å². The highest BCUT2D eigenvalue weighted by Crippen LogP contribution is 2.43. The first kappa shape index (κ1) is 34.2. The molecule has 0 amide bonds. The van der Waals surface area contributed by atoms with Gasteiger partial charge in [0.05, 0.1) is 27.1 Å². The molecule has 0 saturated carbocycles. The Labute approximate surface area is 264 Å². The predicted octanol–water partition coefficient (Wildman–Crippen LogP) is 9.88. The van der Waals surface area contributed by atoms with E-state index in [2.05, 4.69) is 126 Å². The summed E-state index contributed by atoms with van der Waals surface area (Å²) in [6.45, 7) is 15.2. The molecule has 0 aliphatic rings. The number of anilines is 1. The molecule has 0 fully saturated rings. The maximum atomic E-state index is 12.9. The van der Waals surface area contributed by atoms with Gasteiger partial charge < -0.3 is 5.73 Å². The van der Waals surface area contributed by atoms with Crippen molar-refractivity contribution in [3.63, 3.8) is 0 Å². The molecule has 0 spiro atoms. The summed E-state index contributed by atoms with van der Waals surface area (Å²) in [4.78, 5) is 6.86. The van der Waals surface area contributed by atoms with Gasteiger partial charge >= 0.3 is 0 Å². The number of unbranched alkanes of at least 4 members (excludes halogenated alkanes) is 2. The maximum absolute atomic E-state index is 12.9. The van der Waals surface area contributed by atoms with Gasteiger partial charge in [-0.05, 0) is 101 Å². The molecule has 0 aliphatic carbocycles. The lowest BCUT2D eigenvalue weighted by Crippen LogP contribution is -1.99. The van der Waals surface area contributed by atoms with Crippen molar-refractivity contribution >= 4 is 49.4 Å². The molecule has 0 bridgehead atoms. The zero-order chi connectivity index (χ0) is 31.3. The third-order valence-electron chi connectivity index (χ3n) is 5.33. The van der Waals surface area contributed by atoms with Crippen LogP contribution in [0.5, 0.6) is 0 Å². The maximum Gasteiger partial charge on any atom is 0.127 e. The number of thiophene rings is 2. The van der Waals surface area contributed by atoms with E-state index in [-0.39, 0.29) is 0 Å². The third kappa shape index (κ3) is 11.1. The third-order valence-corrected chi connectivity index (χ3v) is 9.22.